The Morgan fingerprint density at radius 2 is 1.81 bits per heavy atom. The van der Waals surface area contributed by atoms with Crippen molar-refractivity contribution in [3.63, 3.8) is 0 Å². The third-order valence-corrected chi connectivity index (χ3v) is 4.44. The lowest BCUT2D eigenvalue weighted by Crippen LogP contribution is -2.21. The molecule has 0 saturated heterocycles. The molecule has 0 amide bonds. The lowest BCUT2D eigenvalue weighted by atomic mass is 10.0. The van der Waals surface area contributed by atoms with Crippen molar-refractivity contribution >= 4 is 34.9 Å². The highest BCUT2D eigenvalue weighted by molar-refractivity contribution is 6.31. The van der Waals surface area contributed by atoms with Gasteiger partial charge < -0.3 is 10.2 Å². The van der Waals surface area contributed by atoms with Gasteiger partial charge >= 0.3 is 0 Å². The predicted molar refractivity (Wildman–Crippen MR) is 114 cm³/mol. The number of aromatic nitrogens is 1. The molecule has 3 rings (SSSR count). The van der Waals surface area contributed by atoms with Crippen LogP contribution in [0.5, 0.6) is 0 Å². The molecule has 1 aromatic heterocycles. The molecule has 0 aliphatic carbocycles. The second kappa shape index (κ2) is 9.89. The second-order valence-corrected chi connectivity index (χ2v) is 6.96. The first kappa shape index (κ1) is 20.7. The molecular weight excluding hydrogens is 365 g/mol. The zero-order valence-electron chi connectivity index (χ0n) is 15.2. The molecule has 0 aliphatic heterocycles. The zero-order chi connectivity index (χ0) is 17.6. The summed E-state index contributed by atoms with van der Waals surface area (Å²) in [5, 5.41) is 5.43. The summed E-state index contributed by atoms with van der Waals surface area (Å²) in [5.74, 6) is 0. The first-order valence-corrected chi connectivity index (χ1v) is 9.01. The Balaban J connectivity index is 0.00000243. The van der Waals surface area contributed by atoms with Gasteiger partial charge in [-0.15, -0.1) is 12.4 Å². The Morgan fingerprint density at radius 3 is 2.54 bits per heavy atom. The van der Waals surface area contributed by atoms with Gasteiger partial charge in [0.25, 0.3) is 0 Å². The van der Waals surface area contributed by atoms with Crippen LogP contribution in [0.3, 0.4) is 0 Å². The van der Waals surface area contributed by atoms with Crippen molar-refractivity contribution in [2.75, 3.05) is 27.2 Å². The summed E-state index contributed by atoms with van der Waals surface area (Å²) in [6.07, 6.45) is 1.13. The maximum Gasteiger partial charge on any atom is 0.0727 e. The van der Waals surface area contributed by atoms with E-state index in [2.05, 4.69) is 48.6 Å². The topological polar surface area (TPSA) is 28.2 Å². The van der Waals surface area contributed by atoms with Gasteiger partial charge in [-0.2, -0.15) is 0 Å². The van der Waals surface area contributed by atoms with E-state index in [9.17, 15) is 0 Å². The minimum absolute atomic E-state index is 0. The van der Waals surface area contributed by atoms with Crippen molar-refractivity contribution < 1.29 is 0 Å². The van der Waals surface area contributed by atoms with Crippen molar-refractivity contribution in [2.24, 2.45) is 0 Å². The molecule has 2 aromatic carbocycles. The van der Waals surface area contributed by atoms with Gasteiger partial charge in [-0.25, -0.2) is 4.98 Å². The van der Waals surface area contributed by atoms with Crippen molar-refractivity contribution in [3.05, 3.63) is 65.2 Å². The Morgan fingerprint density at radius 1 is 1.04 bits per heavy atom. The molecule has 5 heteroatoms. The standard InChI is InChI=1S/C21H24ClN3.ClH/c1-25(2)12-6-11-23-15-17-13-20(16-7-4-3-5-8-16)24-21-14-18(22)9-10-19(17)21;/h3-5,7-10,13-14,23H,6,11-12,15H2,1-2H3;1H. The monoisotopic (exact) mass is 389 g/mol. The zero-order valence-corrected chi connectivity index (χ0v) is 16.8. The van der Waals surface area contributed by atoms with Gasteiger partial charge in [-0.05, 0) is 57.4 Å². The number of nitrogens with one attached hydrogen (secondary N) is 1. The predicted octanol–water partition coefficient (Wildman–Crippen LogP) is 5.02. The molecule has 3 aromatic rings. The molecule has 0 aliphatic rings. The first-order valence-electron chi connectivity index (χ1n) is 8.63. The van der Waals surface area contributed by atoms with E-state index in [1.165, 1.54) is 5.56 Å². The molecule has 1 heterocycles. The summed E-state index contributed by atoms with van der Waals surface area (Å²) in [4.78, 5) is 7.02. The number of rotatable bonds is 7. The number of halogens is 2. The number of fused-ring (bicyclic) bond motifs is 1. The molecule has 1 N–H and O–H groups in total. The number of benzene rings is 2. The van der Waals surface area contributed by atoms with E-state index in [-0.39, 0.29) is 12.4 Å². The van der Waals surface area contributed by atoms with E-state index >= 15 is 0 Å². The second-order valence-electron chi connectivity index (χ2n) is 6.53. The molecule has 3 nitrogen and oxygen atoms in total. The van der Waals surface area contributed by atoms with E-state index in [0.717, 1.165) is 53.2 Å². The van der Waals surface area contributed by atoms with Crippen molar-refractivity contribution in [1.82, 2.24) is 15.2 Å². The third-order valence-electron chi connectivity index (χ3n) is 4.20. The summed E-state index contributed by atoms with van der Waals surface area (Å²) in [5.41, 5.74) is 4.31. The first-order chi connectivity index (χ1) is 12.1. The largest absolute Gasteiger partial charge is 0.313 e. The molecule has 0 radical (unpaired) electrons. The average molecular weight is 390 g/mol. The lowest BCUT2D eigenvalue weighted by Gasteiger charge is -2.13. The summed E-state index contributed by atoms with van der Waals surface area (Å²) in [7, 11) is 4.21. The van der Waals surface area contributed by atoms with Gasteiger partial charge in [0.15, 0.2) is 0 Å². The van der Waals surface area contributed by atoms with E-state index in [4.69, 9.17) is 16.6 Å². The van der Waals surface area contributed by atoms with Crippen LogP contribution in [0.25, 0.3) is 22.2 Å². The van der Waals surface area contributed by atoms with Crippen LogP contribution in [0.4, 0.5) is 0 Å². The Labute approximate surface area is 166 Å². The molecule has 0 atom stereocenters. The third kappa shape index (κ3) is 5.42. The van der Waals surface area contributed by atoms with Gasteiger partial charge in [-0.1, -0.05) is 48.0 Å². The fourth-order valence-electron chi connectivity index (χ4n) is 2.92. The van der Waals surface area contributed by atoms with Crippen molar-refractivity contribution in [1.29, 1.82) is 0 Å². The van der Waals surface area contributed by atoms with Gasteiger partial charge in [0, 0.05) is 22.5 Å². The smallest absolute Gasteiger partial charge is 0.0727 e. The summed E-state index contributed by atoms with van der Waals surface area (Å²) in [6.45, 7) is 2.92. The Bertz CT molecular complexity index is 835. The van der Waals surface area contributed by atoms with Crippen LogP contribution >= 0.6 is 24.0 Å². The highest BCUT2D eigenvalue weighted by atomic mass is 35.5. The number of hydrogen-bond acceptors (Lipinski definition) is 3. The highest BCUT2D eigenvalue weighted by Crippen LogP contribution is 2.26. The minimum atomic E-state index is 0. The molecule has 0 bridgehead atoms. The molecule has 0 unspecified atom stereocenters. The molecule has 0 fully saturated rings. The molecule has 138 valence electrons. The highest BCUT2D eigenvalue weighted by Gasteiger charge is 2.08. The SMILES string of the molecule is CN(C)CCCNCc1cc(-c2ccccc2)nc2cc(Cl)ccc12.Cl. The van der Waals surface area contributed by atoms with Crippen LogP contribution in [-0.4, -0.2) is 37.1 Å². The normalized spacial score (nSPS) is 10.9. The Kier molecular flexibility index (Phi) is 7.85. The lowest BCUT2D eigenvalue weighted by molar-refractivity contribution is 0.394. The van der Waals surface area contributed by atoms with E-state index in [1.54, 1.807) is 0 Å². The van der Waals surface area contributed by atoms with Crippen LogP contribution in [0.15, 0.2) is 54.6 Å². The number of nitrogens with zero attached hydrogens (tertiary/aromatic N) is 2. The van der Waals surface area contributed by atoms with Gasteiger partial charge in [0.2, 0.25) is 0 Å². The van der Waals surface area contributed by atoms with Crippen molar-refractivity contribution in [2.45, 2.75) is 13.0 Å². The quantitative estimate of drug-likeness (QED) is 0.575. The minimum Gasteiger partial charge on any atom is -0.313 e. The maximum absolute atomic E-state index is 6.18. The van der Waals surface area contributed by atoms with E-state index in [1.807, 2.05) is 30.3 Å². The number of hydrogen-bond donors (Lipinski definition) is 1. The van der Waals surface area contributed by atoms with Gasteiger partial charge in [0.05, 0.1) is 11.2 Å². The fraction of sp³-hybridized carbons (Fsp3) is 0.286. The summed E-state index contributed by atoms with van der Waals surface area (Å²) >= 11 is 6.18. The Hall–Kier alpha value is -1.65. The maximum atomic E-state index is 6.18. The van der Waals surface area contributed by atoms with Crippen LogP contribution in [0, 0.1) is 0 Å². The summed E-state index contributed by atoms with van der Waals surface area (Å²) in [6, 6.07) is 18.4. The molecule has 26 heavy (non-hydrogen) atoms. The molecular formula is C21H25Cl2N3. The van der Waals surface area contributed by atoms with Crippen LogP contribution < -0.4 is 5.32 Å². The van der Waals surface area contributed by atoms with Crippen LogP contribution in [-0.2, 0) is 6.54 Å². The molecule has 0 saturated carbocycles. The van der Waals surface area contributed by atoms with Crippen LogP contribution in [0.1, 0.15) is 12.0 Å². The number of pyridine rings is 1. The average Bonchev–Trinajstić information content (AvgIpc) is 2.61. The van der Waals surface area contributed by atoms with E-state index < -0.39 is 0 Å². The fourth-order valence-corrected chi connectivity index (χ4v) is 3.09. The van der Waals surface area contributed by atoms with Crippen molar-refractivity contribution in [3.8, 4) is 11.3 Å². The molecule has 0 spiro atoms. The van der Waals surface area contributed by atoms with E-state index in [0.29, 0.717) is 0 Å². The van der Waals surface area contributed by atoms with Crippen LogP contribution in [0.2, 0.25) is 5.02 Å². The summed E-state index contributed by atoms with van der Waals surface area (Å²) < 4.78 is 0. The van der Waals surface area contributed by atoms with Gasteiger partial charge in [-0.3, -0.25) is 0 Å². The van der Waals surface area contributed by atoms with Gasteiger partial charge in [0.1, 0.15) is 0 Å².